The molecule has 2 rings (SSSR count). The lowest BCUT2D eigenvalue weighted by atomic mass is 10.1. The Labute approximate surface area is 111 Å². The van der Waals surface area contributed by atoms with Gasteiger partial charge in [0.25, 0.3) is 11.4 Å². The van der Waals surface area contributed by atoms with Gasteiger partial charge >= 0.3 is 0 Å². The third kappa shape index (κ3) is 3.02. The molecule has 0 spiro atoms. The molecular formula is C12H8N2O4S. The van der Waals surface area contributed by atoms with E-state index in [0.29, 0.717) is 5.56 Å². The third-order valence-electron chi connectivity index (χ3n) is 2.39. The Morgan fingerprint density at radius 1 is 1.05 bits per heavy atom. The molecule has 0 amide bonds. The van der Waals surface area contributed by atoms with Gasteiger partial charge in [-0.3, -0.25) is 20.2 Å². The van der Waals surface area contributed by atoms with Crippen LogP contribution in [0.2, 0.25) is 0 Å². The fourth-order valence-electron chi connectivity index (χ4n) is 1.50. The van der Waals surface area contributed by atoms with Gasteiger partial charge in [0.15, 0.2) is 0 Å². The zero-order chi connectivity index (χ0) is 13.8. The van der Waals surface area contributed by atoms with Crippen molar-refractivity contribution in [3.05, 3.63) is 66.4 Å². The van der Waals surface area contributed by atoms with Gasteiger partial charge in [0, 0.05) is 10.9 Å². The second-order valence-corrected chi connectivity index (χ2v) is 4.59. The first kappa shape index (κ1) is 12.9. The lowest BCUT2D eigenvalue weighted by Crippen LogP contribution is -1.94. The number of rotatable bonds is 4. The minimum Gasteiger partial charge on any atom is -0.258 e. The molecule has 2 aromatic rings. The van der Waals surface area contributed by atoms with Gasteiger partial charge in [0.05, 0.1) is 21.5 Å². The lowest BCUT2D eigenvalue weighted by Gasteiger charge is -1.97. The van der Waals surface area contributed by atoms with Gasteiger partial charge in [-0.2, -0.15) is 0 Å². The molecule has 0 fully saturated rings. The van der Waals surface area contributed by atoms with E-state index in [4.69, 9.17) is 0 Å². The molecule has 6 nitrogen and oxygen atoms in total. The second-order valence-electron chi connectivity index (χ2n) is 3.61. The van der Waals surface area contributed by atoms with Crippen molar-refractivity contribution in [2.75, 3.05) is 0 Å². The van der Waals surface area contributed by atoms with Crippen LogP contribution in [0, 0.1) is 20.2 Å². The van der Waals surface area contributed by atoms with E-state index < -0.39 is 9.85 Å². The Bertz CT molecular complexity index is 650. The van der Waals surface area contributed by atoms with Gasteiger partial charge in [0.2, 0.25) is 0 Å². The Morgan fingerprint density at radius 3 is 2.42 bits per heavy atom. The number of thiophene rings is 1. The highest BCUT2D eigenvalue weighted by molar-refractivity contribution is 7.10. The van der Waals surface area contributed by atoms with Crippen LogP contribution in [0.25, 0.3) is 12.2 Å². The zero-order valence-corrected chi connectivity index (χ0v) is 10.4. The van der Waals surface area contributed by atoms with Gasteiger partial charge in [-0.25, -0.2) is 0 Å². The summed E-state index contributed by atoms with van der Waals surface area (Å²) in [5.74, 6) is 0. The molecule has 1 aromatic heterocycles. The average molecular weight is 276 g/mol. The first-order chi connectivity index (χ1) is 9.08. The predicted octanol–water partition coefficient (Wildman–Crippen LogP) is 3.73. The summed E-state index contributed by atoms with van der Waals surface area (Å²) < 4.78 is 0. The topological polar surface area (TPSA) is 86.3 Å². The molecule has 0 saturated heterocycles. The molecular weight excluding hydrogens is 268 g/mol. The van der Waals surface area contributed by atoms with Crippen molar-refractivity contribution in [1.82, 2.24) is 0 Å². The van der Waals surface area contributed by atoms with Crippen molar-refractivity contribution in [3.63, 3.8) is 0 Å². The van der Waals surface area contributed by atoms with E-state index in [1.165, 1.54) is 23.5 Å². The molecule has 0 aliphatic carbocycles. The Kier molecular flexibility index (Phi) is 3.67. The second kappa shape index (κ2) is 5.40. The monoisotopic (exact) mass is 276 g/mol. The first-order valence-corrected chi connectivity index (χ1v) is 6.10. The summed E-state index contributed by atoms with van der Waals surface area (Å²) >= 11 is 1.50. The van der Waals surface area contributed by atoms with Gasteiger partial charge in [0.1, 0.15) is 0 Å². The minimum absolute atomic E-state index is 0.276. The van der Waals surface area contributed by atoms with E-state index in [1.54, 1.807) is 12.2 Å². The SMILES string of the molecule is O=[N+]([O-])c1ccc(/C=C\c2cccs2)c([N+](=O)[O-])c1. The van der Waals surface area contributed by atoms with Crippen LogP contribution >= 0.6 is 11.3 Å². The van der Waals surface area contributed by atoms with E-state index in [2.05, 4.69) is 0 Å². The maximum atomic E-state index is 10.9. The minimum atomic E-state index is -0.653. The van der Waals surface area contributed by atoms with Crippen LogP contribution in [0.5, 0.6) is 0 Å². The largest absolute Gasteiger partial charge is 0.283 e. The Balaban J connectivity index is 2.40. The van der Waals surface area contributed by atoms with Crippen LogP contribution in [-0.2, 0) is 0 Å². The highest BCUT2D eigenvalue weighted by atomic mass is 32.1. The van der Waals surface area contributed by atoms with Gasteiger partial charge in [-0.05, 0) is 29.7 Å². The average Bonchev–Trinajstić information content (AvgIpc) is 2.89. The Hall–Kier alpha value is -2.54. The van der Waals surface area contributed by atoms with Crippen LogP contribution in [-0.4, -0.2) is 9.85 Å². The van der Waals surface area contributed by atoms with E-state index in [0.717, 1.165) is 10.9 Å². The number of hydrogen-bond donors (Lipinski definition) is 0. The Morgan fingerprint density at radius 2 is 1.84 bits per heavy atom. The first-order valence-electron chi connectivity index (χ1n) is 5.22. The summed E-state index contributed by atoms with van der Waals surface area (Å²) in [4.78, 5) is 21.2. The maximum absolute atomic E-state index is 10.9. The van der Waals surface area contributed by atoms with Gasteiger partial charge < -0.3 is 0 Å². The van der Waals surface area contributed by atoms with Crippen molar-refractivity contribution in [2.24, 2.45) is 0 Å². The molecule has 0 radical (unpaired) electrons. The number of non-ortho nitro benzene ring substituents is 1. The summed E-state index contributed by atoms with van der Waals surface area (Å²) in [6, 6.07) is 7.34. The van der Waals surface area contributed by atoms with E-state index in [9.17, 15) is 20.2 Å². The smallest absolute Gasteiger partial charge is 0.258 e. The molecule has 19 heavy (non-hydrogen) atoms. The lowest BCUT2D eigenvalue weighted by molar-refractivity contribution is -0.394. The van der Waals surface area contributed by atoms with Crippen molar-refractivity contribution >= 4 is 34.9 Å². The number of nitrogens with zero attached hydrogens (tertiary/aromatic N) is 2. The third-order valence-corrected chi connectivity index (χ3v) is 3.23. The van der Waals surface area contributed by atoms with Crippen molar-refractivity contribution in [1.29, 1.82) is 0 Å². The standard InChI is InChI=1S/C12H8N2O4S/c15-13(16)10-5-3-9(12(8-10)14(17)18)4-6-11-2-1-7-19-11/h1-8H/b6-4-. The van der Waals surface area contributed by atoms with E-state index in [1.807, 2.05) is 17.5 Å². The number of nitro groups is 2. The molecule has 0 atom stereocenters. The highest BCUT2D eigenvalue weighted by Crippen LogP contribution is 2.26. The maximum Gasteiger partial charge on any atom is 0.283 e. The number of benzene rings is 1. The summed E-state index contributed by atoms with van der Waals surface area (Å²) in [7, 11) is 0. The van der Waals surface area contributed by atoms with E-state index in [-0.39, 0.29) is 11.4 Å². The summed E-state index contributed by atoms with van der Waals surface area (Å²) in [6.45, 7) is 0. The normalized spacial score (nSPS) is 10.7. The molecule has 0 aliphatic heterocycles. The fourth-order valence-corrected chi connectivity index (χ4v) is 2.12. The van der Waals surface area contributed by atoms with Gasteiger partial charge in [-0.1, -0.05) is 6.07 Å². The van der Waals surface area contributed by atoms with Gasteiger partial charge in [-0.15, -0.1) is 11.3 Å². The molecule has 96 valence electrons. The molecule has 0 bridgehead atoms. The molecule has 0 N–H and O–H groups in total. The van der Waals surface area contributed by atoms with Crippen molar-refractivity contribution in [2.45, 2.75) is 0 Å². The van der Waals surface area contributed by atoms with Crippen LogP contribution in [0.3, 0.4) is 0 Å². The quantitative estimate of drug-likeness (QED) is 0.628. The predicted molar refractivity (Wildman–Crippen MR) is 73.0 cm³/mol. The van der Waals surface area contributed by atoms with Crippen molar-refractivity contribution < 1.29 is 9.85 Å². The van der Waals surface area contributed by atoms with E-state index >= 15 is 0 Å². The van der Waals surface area contributed by atoms with Crippen LogP contribution in [0.15, 0.2) is 35.7 Å². The summed E-state index contributed by atoms with van der Waals surface area (Å²) in [6.07, 6.45) is 3.31. The van der Waals surface area contributed by atoms with Crippen LogP contribution in [0.4, 0.5) is 11.4 Å². The number of hydrogen-bond acceptors (Lipinski definition) is 5. The highest BCUT2D eigenvalue weighted by Gasteiger charge is 2.17. The van der Waals surface area contributed by atoms with Crippen molar-refractivity contribution in [3.8, 4) is 0 Å². The van der Waals surface area contributed by atoms with Crippen LogP contribution in [0.1, 0.15) is 10.4 Å². The molecule has 0 saturated carbocycles. The molecule has 1 heterocycles. The number of nitro benzene ring substituents is 2. The summed E-state index contributed by atoms with van der Waals surface area (Å²) in [5, 5.41) is 23.4. The molecule has 0 unspecified atom stereocenters. The van der Waals surface area contributed by atoms with Crippen LogP contribution < -0.4 is 0 Å². The fraction of sp³-hybridized carbons (Fsp3) is 0. The molecule has 1 aromatic carbocycles. The summed E-state index contributed by atoms with van der Waals surface area (Å²) in [5.41, 5.74) is -0.231. The molecule has 0 aliphatic rings. The molecule has 7 heteroatoms. The zero-order valence-electron chi connectivity index (χ0n) is 9.55.